The lowest BCUT2D eigenvalue weighted by atomic mass is 9.89. The summed E-state index contributed by atoms with van der Waals surface area (Å²) in [6, 6.07) is 1.39. The van der Waals surface area contributed by atoms with E-state index in [1.807, 2.05) is 11.9 Å². The van der Waals surface area contributed by atoms with Crippen LogP contribution in [-0.4, -0.2) is 36.5 Å². The lowest BCUT2D eigenvalue weighted by Gasteiger charge is -2.30. The average Bonchev–Trinajstić information content (AvgIpc) is 2.57. The Morgan fingerprint density at radius 3 is 2.41 bits per heavy atom. The summed E-state index contributed by atoms with van der Waals surface area (Å²) in [5.41, 5.74) is 0. The molecule has 0 aromatic carbocycles. The summed E-state index contributed by atoms with van der Waals surface area (Å²) < 4.78 is 0. The maximum Gasteiger partial charge on any atom is 0.222 e. The van der Waals surface area contributed by atoms with Crippen molar-refractivity contribution < 1.29 is 4.79 Å². The van der Waals surface area contributed by atoms with Crippen molar-refractivity contribution >= 4 is 5.91 Å². The van der Waals surface area contributed by atoms with Gasteiger partial charge in [-0.3, -0.25) is 4.79 Å². The number of nitrogens with zero attached hydrogens (tertiary/aromatic N) is 1. The van der Waals surface area contributed by atoms with Crippen LogP contribution in [0, 0.1) is 11.8 Å². The third-order valence-corrected chi connectivity index (χ3v) is 4.10. The number of hydrogen-bond donors (Lipinski definition) is 1. The van der Waals surface area contributed by atoms with E-state index in [1.54, 1.807) is 0 Å². The Hall–Kier alpha value is -0.570. The minimum Gasteiger partial charge on any atom is -0.345 e. The Labute approximate surface area is 105 Å². The highest BCUT2D eigenvalue weighted by Gasteiger charge is 2.34. The molecule has 1 amide bonds. The van der Waals surface area contributed by atoms with E-state index >= 15 is 0 Å². The number of rotatable bonds is 4. The molecule has 0 aromatic heterocycles. The van der Waals surface area contributed by atoms with Crippen LogP contribution in [0.4, 0.5) is 0 Å². The summed E-state index contributed by atoms with van der Waals surface area (Å²) in [6.07, 6.45) is 5.81. The van der Waals surface area contributed by atoms with E-state index < -0.39 is 0 Å². The molecule has 0 spiro atoms. The molecule has 0 aliphatic carbocycles. The zero-order valence-corrected chi connectivity index (χ0v) is 11.4. The van der Waals surface area contributed by atoms with Crippen molar-refractivity contribution in [1.82, 2.24) is 10.2 Å². The van der Waals surface area contributed by atoms with Crippen LogP contribution in [0.2, 0.25) is 0 Å². The highest BCUT2D eigenvalue weighted by atomic mass is 16.2. The number of carbonyl (C=O) groups is 1. The number of fused-ring (bicyclic) bond motifs is 2. The van der Waals surface area contributed by atoms with Gasteiger partial charge in [-0.15, -0.1) is 0 Å². The number of carbonyl (C=O) groups excluding carboxylic acids is 1. The zero-order valence-electron chi connectivity index (χ0n) is 11.4. The van der Waals surface area contributed by atoms with Crippen LogP contribution in [0.3, 0.4) is 0 Å². The van der Waals surface area contributed by atoms with Crippen molar-refractivity contribution in [3.05, 3.63) is 0 Å². The van der Waals surface area contributed by atoms with Crippen LogP contribution < -0.4 is 5.32 Å². The first-order chi connectivity index (χ1) is 8.04. The van der Waals surface area contributed by atoms with Crippen molar-refractivity contribution in [2.75, 3.05) is 13.6 Å². The van der Waals surface area contributed by atoms with Crippen LogP contribution >= 0.6 is 0 Å². The fourth-order valence-corrected chi connectivity index (χ4v) is 3.39. The second kappa shape index (κ2) is 5.38. The third kappa shape index (κ3) is 3.44. The predicted molar refractivity (Wildman–Crippen MR) is 69.8 cm³/mol. The van der Waals surface area contributed by atoms with E-state index in [0.29, 0.717) is 29.8 Å². The topological polar surface area (TPSA) is 32.3 Å². The van der Waals surface area contributed by atoms with Crippen LogP contribution in [0.1, 0.15) is 46.0 Å². The standard InChI is InChI=1S/C14H26N2O/c1-10(2)9-16(3)14(17)8-11-6-12-4-5-13(7-11)15-12/h10-13,15H,4-9H2,1-3H3. The van der Waals surface area contributed by atoms with Gasteiger partial charge in [0.2, 0.25) is 5.91 Å². The van der Waals surface area contributed by atoms with Gasteiger partial charge in [0.15, 0.2) is 0 Å². The van der Waals surface area contributed by atoms with E-state index in [-0.39, 0.29) is 0 Å². The van der Waals surface area contributed by atoms with E-state index in [9.17, 15) is 4.79 Å². The SMILES string of the molecule is CC(C)CN(C)C(=O)CC1CC2CCC(C1)N2. The molecule has 98 valence electrons. The summed E-state index contributed by atoms with van der Waals surface area (Å²) in [5.74, 6) is 1.52. The van der Waals surface area contributed by atoms with Gasteiger partial charge in [0.25, 0.3) is 0 Å². The molecular weight excluding hydrogens is 212 g/mol. The molecule has 2 heterocycles. The Kier molecular flexibility index (Phi) is 4.08. The Balaban J connectivity index is 1.78. The summed E-state index contributed by atoms with van der Waals surface area (Å²) >= 11 is 0. The van der Waals surface area contributed by atoms with Crippen molar-refractivity contribution in [1.29, 1.82) is 0 Å². The predicted octanol–water partition coefficient (Wildman–Crippen LogP) is 2.02. The number of nitrogens with one attached hydrogen (secondary N) is 1. The van der Waals surface area contributed by atoms with Crippen LogP contribution in [0.5, 0.6) is 0 Å². The summed E-state index contributed by atoms with van der Waals surface area (Å²) in [7, 11) is 1.94. The quantitative estimate of drug-likeness (QED) is 0.812. The number of amides is 1. The molecule has 0 aromatic rings. The molecule has 2 fully saturated rings. The molecular formula is C14H26N2O. The average molecular weight is 238 g/mol. The van der Waals surface area contributed by atoms with Crippen LogP contribution in [-0.2, 0) is 4.79 Å². The van der Waals surface area contributed by atoms with Crippen molar-refractivity contribution in [3.8, 4) is 0 Å². The minimum atomic E-state index is 0.338. The van der Waals surface area contributed by atoms with Gasteiger partial charge in [-0.05, 0) is 37.5 Å². The molecule has 2 bridgehead atoms. The summed E-state index contributed by atoms with van der Waals surface area (Å²) in [5, 5.41) is 3.63. The molecule has 2 unspecified atom stereocenters. The van der Waals surface area contributed by atoms with E-state index in [0.717, 1.165) is 13.0 Å². The fourth-order valence-electron chi connectivity index (χ4n) is 3.39. The molecule has 2 rings (SSSR count). The van der Waals surface area contributed by atoms with Crippen LogP contribution in [0.15, 0.2) is 0 Å². The minimum absolute atomic E-state index is 0.338. The van der Waals surface area contributed by atoms with Gasteiger partial charge in [-0.1, -0.05) is 13.8 Å². The first kappa shape index (κ1) is 12.9. The summed E-state index contributed by atoms with van der Waals surface area (Å²) in [4.78, 5) is 14.0. The van der Waals surface area contributed by atoms with Gasteiger partial charge in [-0.25, -0.2) is 0 Å². The highest BCUT2D eigenvalue weighted by Crippen LogP contribution is 2.32. The molecule has 3 heteroatoms. The Bertz CT molecular complexity index is 265. The van der Waals surface area contributed by atoms with Gasteiger partial charge in [-0.2, -0.15) is 0 Å². The van der Waals surface area contributed by atoms with Gasteiger partial charge in [0, 0.05) is 32.1 Å². The molecule has 0 radical (unpaired) electrons. The van der Waals surface area contributed by atoms with Crippen LogP contribution in [0.25, 0.3) is 0 Å². The molecule has 17 heavy (non-hydrogen) atoms. The molecule has 2 atom stereocenters. The molecule has 2 aliphatic rings. The lowest BCUT2D eigenvalue weighted by Crippen LogP contribution is -2.40. The molecule has 0 saturated carbocycles. The first-order valence-corrected chi connectivity index (χ1v) is 7.04. The zero-order chi connectivity index (χ0) is 12.4. The normalized spacial score (nSPS) is 31.9. The van der Waals surface area contributed by atoms with Gasteiger partial charge in [0.1, 0.15) is 0 Å². The Morgan fingerprint density at radius 2 is 1.88 bits per heavy atom. The maximum absolute atomic E-state index is 12.1. The Morgan fingerprint density at radius 1 is 1.29 bits per heavy atom. The van der Waals surface area contributed by atoms with Crippen molar-refractivity contribution in [3.63, 3.8) is 0 Å². The first-order valence-electron chi connectivity index (χ1n) is 7.04. The molecule has 3 nitrogen and oxygen atoms in total. The van der Waals surface area contributed by atoms with Gasteiger partial charge >= 0.3 is 0 Å². The van der Waals surface area contributed by atoms with Crippen molar-refractivity contribution in [2.45, 2.75) is 58.0 Å². The van der Waals surface area contributed by atoms with Gasteiger partial charge in [0.05, 0.1) is 0 Å². The number of hydrogen-bond acceptors (Lipinski definition) is 2. The van der Waals surface area contributed by atoms with Crippen molar-refractivity contribution in [2.24, 2.45) is 11.8 Å². The van der Waals surface area contributed by atoms with E-state index in [4.69, 9.17) is 0 Å². The molecule has 1 N–H and O–H groups in total. The highest BCUT2D eigenvalue weighted by molar-refractivity contribution is 5.76. The fraction of sp³-hybridized carbons (Fsp3) is 0.929. The largest absolute Gasteiger partial charge is 0.345 e. The molecule has 2 aliphatic heterocycles. The van der Waals surface area contributed by atoms with E-state index in [1.165, 1.54) is 25.7 Å². The smallest absolute Gasteiger partial charge is 0.222 e. The summed E-state index contributed by atoms with van der Waals surface area (Å²) in [6.45, 7) is 5.21. The number of piperidine rings is 1. The second-order valence-electron chi connectivity index (χ2n) is 6.35. The van der Waals surface area contributed by atoms with Gasteiger partial charge < -0.3 is 10.2 Å². The third-order valence-electron chi connectivity index (χ3n) is 4.10. The maximum atomic E-state index is 12.1. The lowest BCUT2D eigenvalue weighted by molar-refractivity contribution is -0.131. The monoisotopic (exact) mass is 238 g/mol. The van der Waals surface area contributed by atoms with E-state index in [2.05, 4.69) is 19.2 Å². The second-order valence-corrected chi connectivity index (χ2v) is 6.35. The molecule has 2 saturated heterocycles.